The summed E-state index contributed by atoms with van der Waals surface area (Å²) in [7, 11) is 0. The summed E-state index contributed by atoms with van der Waals surface area (Å²) in [5.74, 6) is 1.74. The molecule has 2 aliphatic rings. The average molecular weight is 273 g/mol. The molecule has 4 heteroatoms. The normalized spacial score (nSPS) is 18.2. The summed E-state index contributed by atoms with van der Waals surface area (Å²) in [5, 5.41) is 2.95. The highest BCUT2D eigenvalue weighted by molar-refractivity contribution is 5.92. The van der Waals surface area contributed by atoms with Crippen molar-refractivity contribution < 1.29 is 4.79 Å². The molecule has 2 saturated carbocycles. The molecule has 3 rings (SSSR count). The largest absolute Gasteiger partial charge is 0.399 e. The van der Waals surface area contributed by atoms with Crippen LogP contribution in [0.4, 0.5) is 11.4 Å². The topological polar surface area (TPSA) is 58.4 Å². The first kappa shape index (κ1) is 13.4. The zero-order valence-electron chi connectivity index (χ0n) is 11.8. The Morgan fingerprint density at radius 3 is 2.15 bits per heavy atom. The zero-order chi connectivity index (χ0) is 13.9. The number of hydrogen-bond donors (Lipinski definition) is 2. The number of nitrogen functional groups attached to an aromatic ring is 1. The van der Waals surface area contributed by atoms with E-state index in [4.69, 9.17) is 5.73 Å². The second-order valence-electron chi connectivity index (χ2n) is 6.25. The molecule has 0 spiro atoms. The van der Waals surface area contributed by atoms with Crippen LogP contribution in [-0.2, 0) is 4.79 Å². The molecule has 1 aromatic carbocycles. The van der Waals surface area contributed by atoms with Crippen molar-refractivity contribution in [3.63, 3.8) is 0 Å². The molecule has 1 amide bonds. The van der Waals surface area contributed by atoms with Gasteiger partial charge in [0.15, 0.2) is 0 Å². The van der Waals surface area contributed by atoms with Crippen LogP contribution < -0.4 is 11.1 Å². The van der Waals surface area contributed by atoms with E-state index in [0.717, 1.165) is 30.6 Å². The van der Waals surface area contributed by atoms with Gasteiger partial charge < -0.3 is 11.1 Å². The maximum Gasteiger partial charge on any atom is 0.238 e. The number of rotatable bonds is 7. The van der Waals surface area contributed by atoms with Crippen LogP contribution in [0.2, 0.25) is 0 Å². The Morgan fingerprint density at radius 1 is 1.10 bits per heavy atom. The quantitative estimate of drug-likeness (QED) is 0.750. The fourth-order valence-corrected chi connectivity index (χ4v) is 2.50. The summed E-state index contributed by atoms with van der Waals surface area (Å²) in [6, 6.07) is 7.31. The van der Waals surface area contributed by atoms with Gasteiger partial charge in [-0.3, -0.25) is 9.69 Å². The number of nitrogens with two attached hydrogens (primary N) is 1. The molecule has 0 aromatic heterocycles. The highest BCUT2D eigenvalue weighted by Crippen LogP contribution is 2.33. The number of anilines is 2. The van der Waals surface area contributed by atoms with Crippen LogP contribution in [0.25, 0.3) is 0 Å². The van der Waals surface area contributed by atoms with Gasteiger partial charge in [-0.1, -0.05) is 0 Å². The Kier molecular flexibility index (Phi) is 3.92. The molecule has 108 valence electrons. The van der Waals surface area contributed by atoms with Crippen LogP contribution >= 0.6 is 0 Å². The predicted octanol–water partition coefficient (Wildman–Crippen LogP) is 2.33. The summed E-state index contributed by atoms with van der Waals surface area (Å²) in [6.07, 6.45) is 5.34. The number of nitrogens with one attached hydrogen (secondary N) is 1. The van der Waals surface area contributed by atoms with E-state index in [9.17, 15) is 4.79 Å². The summed E-state index contributed by atoms with van der Waals surface area (Å²) in [6.45, 7) is 2.69. The molecule has 2 fully saturated rings. The molecular formula is C16H23N3O. The molecule has 20 heavy (non-hydrogen) atoms. The third kappa shape index (κ3) is 4.23. The monoisotopic (exact) mass is 273 g/mol. The van der Waals surface area contributed by atoms with E-state index in [1.54, 1.807) is 0 Å². The van der Waals surface area contributed by atoms with Crippen LogP contribution in [-0.4, -0.2) is 30.4 Å². The minimum Gasteiger partial charge on any atom is -0.399 e. The van der Waals surface area contributed by atoms with Gasteiger partial charge in [-0.05, 0) is 61.8 Å². The van der Waals surface area contributed by atoms with Gasteiger partial charge in [0.05, 0.1) is 6.54 Å². The molecular weight excluding hydrogens is 250 g/mol. The molecule has 0 bridgehead atoms. The Labute approximate surface area is 120 Å². The van der Waals surface area contributed by atoms with Crippen molar-refractivity contribution >= 4 is 17.3 Å². The number of carbonyl (C=O) groups excluding carboxylic acids is 1. The molecule has 0 atom stereocenters. The number of nitrogens with zero attached hydrogens (tertiary/aromatic N) is 1. The Bertz CT molecular complexity index is 449. The summed E-state index contributed by atoms with van der Waals surface area (Å²) in [4.78, 5) is 14.5. The van der Waals surface area contributed by atoms with Crippen molar-refractivity contribution in [2.75, 3.05) is 30.7 Å². The Hall–Kier alpha value is -1.55. The van der Waals surface area contributed by atoms with Crippen molar-refractivity contribution in [3.8, 4) is 0 Å². The van der Waals surface area contributed by atoms with E-state index in [-0.39, 0.29) is 5.91 Å². The molecule has 0 heterocycles. The first-order chi connectivity index (χ1) is 9.69. The SMILES string of the molecule is Nc1ccc(NC(=O)CN(CC2CC2)CC2CC2)cc1. The standard InChI is InChI=1S/C16H23N3O/c17-14-5-7-15(8-6-14)18-16(20)11-19(9-12-1-2-12)10-13-3-4-13/h5-8,12-13H,1-4,9-11,17H2,(H,18,20). The van der Waals surface area contributed by atoms with Gasteiger partial charge in [-0.2, -0.15) is 0 Å². The van der Waals surface area contributed by atoms with Gasteiger partial charge >= 0.3 is 0 Å². The van der Waals surface area contributed by atoms with E-state index in [1.165, 1.54) is 25.7 Å². The fraction of sp³-hybridized carbons (Fsp3) is 0.562. The van der Waals surface area contributed by atoms with Crippen molar-refractivity contribution in [2.24, 2.45) is 11.8 Å². The second-order valence-corrected chi connectivity index (χ2v) is 6.25. The number of hydrogen-bond acceptors (Lipinski definition) is 3. The Morgan fingerprint density at radius 2 is 1.65 bits per heavy atom. The van der Waals surface area contributed by atoms with Crippen molar-refractivity contribution in [1.82, 2.24) is 4.90 Å². The molecule has 0 saturated heterocycles. The fourth-order valence-electron chi connectivity index (χ4n) is 2.50. The van der Waals surface area contributed by atoms with E-state index >= 15 is 0 Å². The predicted molar refractivity (Wildman–Crippen MR) is 81.4 cm³/mol. The van der Waals surface area contributed by atoms with E-state index < -0.39 is 0 Å². The first-order valence-corrected chi connectivity index (χ1v) is 7.57. The van der Waals surface area contributed by atoms with Gasteiger partial charge in [0.2, 0.25) is 5.91 Å². The highest BCUT2D eigenvalue weighted by atomic mass is 16.2. The van der Waals surface area contributed by atoms with Crippen molar-refractivity contribution in [1.29, 1.82) is 0 Å². The smallest absolute Gasteiger partial charge is 0.238 e. The van der Waals surface area contributed by atoms with E-state index in [2.05, 4.69) is 10.2 Å². The second kappa shape index (κ2) is 5.83. The summed E-state index contributed by atoms with van der Waals surface area (Å²) < 4.78 is 0. The minimum atomic E-state index is 0.0797. The minimum absolute atomic E-state index is 0.0797. The van der Waals surface area contributed by atoms with Crippen molar-refractivity contribution in [2.45, 2.75) is 25.7 Å². The molecule has 0 aliphatic heterocycles. The third-order valence-corrected chi connectivity index (χ3v) is 3.99. The van der Waals surface area contributed by atoms with Crippen LogP contribution in [0.15, 0.2) is 24.3 Å². The Balaban J connectivity index is 1.50. The lowest BCUT2D eigenvalue weighted by molar-refractivity contribution is -0.117. The van der Waals surface area contributed by atoms with Crippen LogP contribution in [0.3, 0.4) is 0 Å². The summed E-state index contributed by atoms with van der Waals surface area (Å²) >= 11 is 0. The van der Waals surface area contributed by atoms with Gasteiger partial charge in [-0.25, -0.2) is 0 Å². The van der Waals surface area contributed by atoms with Gasteiger partial charge in [0.1, 0.15) is 0 Å². The third-order valence-electron chi connectivity index (χ3n) is 3.99. The van der Waals surface area contributed by atoms with E-state index in [1.807, 2.05) is 24.3 Å². The highest BCUT2D eigenvalue weighted by Gasteiger charge is 2.29. The first-order valence-electron chi connectivity index (χ1n) is 7.57. The molecule has 0 radical (unpaired) electrons. The van der Waals surface area contributed by atoms with Crippen molar-refractivity contribution in [3.05, 3.63) is 24.3 Å². The van der Waals surface area contributed by atoms with E-state index in [0.29, 0.717) is 12.2 Å². The van der Waals surface area contributed by atoms with Crippen LogP contribution in [0, 0.1) is 11.8 Å². The van der Waals surface area contributed by atoms with Crippen LogP contribution in [0.1, 0.15) is 25.7 Å². The zero-order valence-corrected chi connectivity index (χ0v) is 11.8. The molecule has 0 unspecified atom stereocenters. The number of carbonyl (C=O) groups is 1. The lowest BCUT2D eigenvalue weighted by Crippen LogP contribution is -2.36. The maximum absolute atomic E-state index is 12.1. The lowest BCUT2D eigenvalue weighted by atomic mass is 10.2. The van der Waals surface area contributed by atoms with Gasteiger partial charge in [-0.15, -0.1) is 0 Å². The van der Waals surface area contributed by atoms with Gasteiger partial charge in [0.25, 0.3) is 0 Å². The maximum atomic E-state index is 12.1. The van der Waals surface area contributed by atoms with Gasteiger partial charge in [0, 0.05) is 24.5 Å². The lowest BCUT2D eigenvalue weighted by Gasteiger charge is -2.21. The van der Waals surface area contributed by atoms with Crippen LogP contribution in [0.5, 0.6) is 0 Å². The molecule has 4 nitrogen and oxygen atoms in total. The molecule has 2 aliphatic carbocycles. The summed E-state index contributed by atoms with van der Waals surface area (Å²) in [5.41, 5.74) is 7.18. The number of benzene rings is 1. The number of amides is 1. The molecule has 1 aromatic rings. The average Bonchev–Trinajstić information content (AvgIpc) is 3.28. The molecule has 3 N–H and O–H groups in total.